The predicted molar refractivity (Wildman–Crippen MR) is 65.5 cm³/mol. The minimum absolute atomic E-state index is 0.643. The van der Waals surface area contributed by atoms with E-state index in [1.54, 1.807) is 0 Å². The van der Waals surface area contributed by atoms with Crippen molar-refractivity contribution in [1.29, 1.82) is 0 Å². The van der Waals surface area contributed by atoms with Crippen LogP contribution in [-0.4, -0.2) is 11.3 Å². The molecular weight excluding hydrogens is 198 g/mol. The molecule has 1 aromatic carbocycles. The van der Waals surface area contributed by atoms with Crippen LogP contribution in [0.4, 0.5) is 0 Å². The van der Waals surface area contributed by atoms with Crippen molar-refractivity contribution < 1.29 is 4.79 Å². The molecule has 0 amide bonds. The summed E-state index contributed by atoms with van der Waals surface area (Å²) in [6, 6.07) is 10.4. The Balaban J connectivity index is 2.23. The number of fused-ring (bicyclic) bond motifs is 1. The number of carbonyl (C=O) groups excluding carboxylic acids is 1. The number of hydrogen-bond acceptors (Lipinski definition) is 2. The van der Waals surface area contributed by atoms with E-state index in [-0.39, 0.29) is 0 Å². The van der Waals surface area contributed by atoms with Crippen molar-refractivity contribution in [2.75, 3.05) is 0 Å². The molecule has 0 saturated heterocycles. The van der Waals surface area contributed by atoms with Gasteiger partial charge in [-0.3, -0.25) is 4.98 Å². The van der Waals surface area contributed by atoms with Gasteiger partial charge in [0.15, 0.2) is 0 Å². The van der Waals surface area contributed by atoms with Gasteiger partial charge in [0, 0.05) is 17.5 Å². The van der Waals surface area contributed by atoms with Gasteiger partial charge < -0.3 is 4.79 Å². The second kappa shape index (κ2) is 4.88. The third-order valence-corrected chi connectivity index (χ3v) is 2.68. The van der Waals surface area contributed by atoms with E-state index in [1.165, 1.54) is 10.9 Å². The van der Waals surface area contributed by atoms with Crippen LogP contribution in [-0.2, 0) is 11.2 Å². The first-order valence-electron chi connectivity index (χ1n) is 5.59. The quantitative estimate of drug-likeness (QED) is 0.577. The van der Waals surface area contributed by atoms with E-state index in [2.05, 4.69) is 29.2 Å². The second-order valence-corrected chi connectivity index (χ2v) is 4.04. The summed E-state index contributed by atoms with van der Waals surface area (Å²) >= 11 is 0. The molecule has 0 fully saturated rings. The Bertz CT molecular complexity index is 505. The first kappa shape index (κ1) is 10.8. The summed E-state index contributed by atoms with van der Waals surface area (Å²) in [7, 11) is 0. The number of aromatic nitrogens is 1. The number of unbranched alkanes of at least 4 members (excludes halogenated alkanes) is 1. The van der Waals surface area contributed by atoms with Crippen LogP contribution in [0.5, 0.6) is 0 Å². The summed E-state index contributed by atoms with van der Waals surface area (Å²) in [5, 5.41) is 1.18. The maximum atomic E-state index is 10.2. The lowest BCUT2D eigenvalue weighted by molar-refractivity contribution is -0.107. The summed E-state index contributed by atoms with van der Waals surface area (Å²) in [6.07, 6.45) is 3.51. The Morgan fingerprint density at radius 1 is 1.25 bits per heavy atom. The van der Waals surface area contributed by atoms with Gasteiger partial charge in [-0.05, 0) is 43.5 Å². The van der Waals surface area contributed by atoms with Crippen molar-refractivity contribution in [3.63, 3.8) is 0 Å². The third-order valence-electron chi connectivity index (χ3n) is 2.68. The standard InChI is InChI=1S/C14H15NO/c1-11-5-7-13-10-12(4-2-3-9-16)6-8-14(13)15-11/h5-10H,2-4H2,1H3. The van der Waals surface area contributed by atoms with E-state index >= 15 is 0 Å². The van der Waals surface area contributed by atoms with Gasteiger partial charge in [-0.1, -0.05) is 12.1 Å². The fourth-order valence-electron chi connectivity index (χ4n) is 1.82. The first-order chi connectivity index (χ1) is 7.79. The molecule has 16 heavy (non-hydrogen) atoms. The lowest BCUT2D eigenvalue weighted by Gasteiger charge is -2.03. The third kappa shape index (κ3) is 2.45. The SMILES string of the molecule is Cc1ccc2cc(CCCC=O)ccc2n1. The van der Waals surface area contributed by atoms with Crippen LogP contribution in [0.25, 0.3) is 10.9 Å². The van der Waals surface area contributed by atoms with E-state index in [4.69, 9.17) is 0 Å². The largest absolute Gasteiger partial charge is 0.303 e. The minimum Gasteiger partial charge on any atom is -0.303 e. The highest BCUT2D eigenvalue weighted by molar-refractivity contribution is 5.79. The van der Waals surface area contributed by atoms with Gasteiger partial charge in [-0.2, -0.15) is 0 Å². The van der Waals surface area contributed by atoms with E-state index in [9.17, 15) is 4.79 Å². The number of nitrogens with zero attached hydrogens (tertiary/aromatic N) is 1. The van der Waals surface area contributed by atoms with Crippen molar-refractivity contribution in [3.8, 4) is 0 Å². The Hall–Kier alpha value is -1.70. The zero-order chi connectivity index (χ0) is 11.4. The highest BCUT2D eigenvalue weighted by Gasteiger charge is 1.98. The van der Waals surface area contributed by atoms with Crippen LogP contribution in [0.3, 0.4) is 0 Å². The lowest BCUT2D eigenvalue weighted by atomic mass is 10.1. The van der Waals surface area contributed by atoms with E-state index < -0.39 is 0 Å². The maximum Gasteiger partial charge on any atom is 0.120 e. The fourth-order valence-corrected chi connectivity index (χ4v) is 1.82. The molecule has 2 nitrogen and oxygen atoms in total. The van der Waals surface area contributed by atoms with Gasteiger partial charge in [0.1, 0.15) is 6.29 Å². The van der Waals surface area contributed by atoms with Gasteiger partial charge in [-0.25, -0.2) is 0 Å². The molecule has 2 aromatic rings. The number of carbonyl (C=O) groups is 1. The van der Waals surface area contributed by atoms with Crippen molar-refractivity contribution >= 4 is 17.2 Å². The molecule has 2 heteroatoms. The van der Waals surface area contributed by atoms with Gasteiger partial charge in [0.25, 0.3) is 0 Å². The van der Waals surface area contributed by atoms with Gasteiger partial charge in [-0.15, -0.1) is 0 Å². The van der Waals surface area contributed by atoms with Crippen LogP contribution < -0.4 is 0 Å². The Morgan fingerprint density at radius 2 is 2.12 bits per heavy atom. The van der Waals surface area contributed by atoms with Crippen molar-refractivity contribution in [3.05, 3.63) is 41.6 Å². The highest BCUT2D eigenvalue weighted by Crippen LogP contribution is 2.16. The first-order valence-corrected chi connectivity index (χ1v) is 5.59. The van der Waals surface area contributed by atoms with Gasteiger partial charge in [0.05, 0.1) is 5.52 Å². The average molecular weight is 213 g/mol. The average Bonchev–Trinajstić information content (AvgIpc) is 2.29. The number of rotatable bonds is 4. The van der Waals surface area contributed by atoms with Crippen LogP contribution in [0.15, 0.2) is 30.3 Å². The smallest absolute Gasteiger partial charge is 0.120 e. The molecule has 0 unspecified atom stereocenters. The van der Waals surface area contributed by atoms with Crippen LogP contribution in [0, 0.1) is 6.92 Å². The van der Waals surface area contributed by atoms with Crippen molar-refractivity contribution in [2.45, 2.75) is 26.2 Å². The maximum absolute atomic E-state index is 10.2. The molecule has 0 atom stereocenters. The Labute approximate surface area is 95.3 Å². The highest BCUT2D eigenvalue weighted by atomic mass is 16.1. The molecule has 0 aliphatic carbocycles. The molecule has 1 aromatic heterocycles. The zero-order valence-electron chi connectivity index (χ0n) is 9.44. The van der Waals surface area contributed by atoms with Crippen LogP contribution >= 0.6 is 0 Å². The fraction of sp³-hybridized carbons (Fsp3) is 0.286. The molecule has 0 bridgehead atoms. The molecule has 0 spiro atoms. The Kier molecular flexibility index (Phi) is 3.30. The summed E-state index contributed by atoms with van der Waals surface area (Å²) < 4.78 is 0. The van der Waals surface area contributed by atoms with E-state index in [1.807, 2.05) is 13.0 Å². The van der Waals surface area contributed by atoms with Crippen LogP contribution in [0.1, 0.15) is 24.1 Å². The van der Waals surface area contributed by atoms with Crippen LogP contribution in [0.2, 0.25) is 0 Å². The number of pyridine rings is 1. The minimum atomic E-state index is 0.643. The van der Waals surface area contributed by atoms with Crippen molar-refractivity contribution in [2.24, 2.45) is 0 Å². The molecule has 1 heterocycles. The molecule has 0 saturated carbocycles. The monoisotopic (exact) mass is 213 g/mol. The molecule has 0 aliphatic rings. The number of benzene rings is 1. The van der Waals surface area contributed by atoms with Crippen molar-refractivity contribution in [1.82, 2.24) is 4.98 Å². The van der Waals surface area contributed by atoms with E-state index in [0.29, 0.717) is 6.42 Å². The topological polar surface area (TPSA) is 30.0 Å². The van der Waals surface area contributed by atoms with Gasteiger partial charge >= 0.3 is 0 Å². The predicted octanol–water partition coefficient (Wildman–Crippen LogP) is 3.06. The van der Waals surface area contributed by atoms with E-state index in [0.717, 1.165) is 30.3 Å². The summed E-state index contributed by atoms with van der Waals surface area (Å²) in [4.78, 5) is 14.7. The Morgan fingerprint density at radius 3 is 2.94 bits per heavy atom. The molecular formula is C14H15NO. The normalized spacial score (nSPS) is 10.6. The number of hydrogen-bond donors (Lipinski definition) is 0. The summed E-state index contributed by atoms with van der Waals surface area (Å²) in [5.41, 5.74) is 3.36. The summed E-state index contributed by atoms with van der Waals surface area (Å²) in [6.45, 7) is 2.00. The number of aryl methyl sites for hydroxylation is 2. The molecule has 82 valence electrons. The summed E-state index contributed by atoms with van der Waals surface area (Å²) in [5.74, 6) is 0. The molecule has 0 radical (unpaired) electrons. The lowest BCUT2D eigenvalue weighted by Crippen LogP contribution is -1.88. The van der Waals surface area contributed by atoms with Gasteiger partial charge in [0.2, 0.25) is 0 Å². The number of aldehydes is 1. The molecule has 0 aliphatic heterocycles. The molecule has 2 rings (SSSR count). The second-order valence-electron chi connectivity index (χ2n) is 4.04. The molecule has 0 N–H and O–H groups in total. The zero-order valence-corrected chi connectivity index (χ0v) is 9.44.